The van der Waals surface area contributed by atoms with Crippen LogP contribution >= 0.6 is 0 Å². The maximum atomic E-state index is 13.5. The van der Waals surface area contributed by atoms with Gasteiger partial charge < -0.3 is 9.80 Å². The van der Waals surface area contributed by atoms with Crippen molar-refractivity contribution in [1.29, 1.82) is 0 Å². The van der Waals surface area contributed by atoms with E-state index in [0.717, 1.165) is 57.7 Å². The first-order valence-corrected chi connectivity index (χ1v) is 12.6. The summed E-state index contributed by atoms with van der Waals surface area (Å²) in [6, 6.07) is 12.8. The van der Waals surface area contributed by atoms with Crippen LogP contribution < -0.4 is 15.5 Å². The summed E-state index contributed by atoms with van der Waals surface area (Å²) >= 11 is 0. The molecule has 1 aliphatic heterocycles. The predicted octanol–water partition coefficient (Wildman–Crippen LogP) is 2.15. The number of rotatable bonds is 8. The molecule has 8 heteroatoms. The minimum Gasteiger partial charge on any atom is -0.349 e. The number of hydrogen-bond acceptors (Lipinski definition) is 4. The second kappa shape index (κ2) is 10.7. The lowest BCUT2D eigenvalue weighted by Gasteiger charge is -2.33. The van der Waals surface area contributed by atoms with Gasteiger partial charge in [-0.05, 0) is 67.8 Å². The standard InChI is InChI=1S/C28H31F2N5O/c1-33-13-15-34(16-14-33)27-28(36)35(25-10-8-23(30)9-11-25)19-24(32-27)3-2-12-31-18-21-17-26(21)20-4-6-22(29)7-5-20/h4-11,18-19,21,26H,2-3,12-17H2,1H3/p+1/t21?,26-/m0/s1. The van der Waals surface area contributed by atoms with E-state index in [9.17, 15) is 13.6 Å². The number of likely N-dealkylation sites (N-methyl/N-ethyl adjacent to an activating group) is 1. The number of nitrogens with one attached hydrogen (secondary N) is 1. The summed E-state index contributed by atoms with van der Waals surface area (Å²) < 4.78 is 28.2. The third-order valence-corrected chi connectivity index (χ3v) is 7.07. The van der Waals surface area contributed by atoms with E-state index in [1.54, 1.807) is 22.9 Å². The Labute approximate surface area is 209 Å². The average Bonchev–Trinajstić information content (AvgIpc) is 3.66. The van der Waals surface area contributed by atoms with Gasteiger partial charge in [0.05, 0.1) is 5.69 Å². The second-order valence-corrected chi connectivity index (χ2v) is 9.78. The summed E-state index contributed by atoms with van der Waals surface area (Å²) in [7, 11) is 2.07. The van der Waals surface area contributed by atoms with E-state index in [2.05, 4.69) is 28.1 Å². The summed E-state index contributed by atoms with van der Waals surface area (Å²) in [4.78, 5) is 25.8. The van der Waals surface area contributed by atoms with Crippen molar-refractivity contribution in [1.82, 2.24) is 14.5 Å². The van der Waals surface area contributed by atoms with E-state index >= 15 is 0 Å². The molecule has 0 spiro atoms. The fourth-order valence-electron chi connectivity index (χ4n) is 4.76. The van der Waals surface area contributed by atoms with Crippen LogP contribution in [-0.2, 0) is 6.42 Å². The number of anilines is 1. The molecule has 0 amide bonds. The summed E-state index contributed by atoms with van der Waals surface area (Å²) in [6.45, 7) is 4.05. The van der Waals surface area contributed by atoms with Crippen molar-refractivity contribution < 1.29 is 13.8 Å². The van der Waals surface area contributed by atoms with Gasteiger partial charge in [-0.3, -0.25) is 14.4 Å². The summed E-state index contributed by atoms with van der Waals surface area (Å²) in [6.07, 6.45) is 6.59. The highest BCUT2D eigenvalue weighted by Gasteiger charge is 2.39. The van der Waals surface area contributed by atoms with Crippen molar-refractivity contribution in [3.63, 3.8) is 0 Å². The largest absolute Gasteiger partial charge is 0.349 e. The molecule has 2 heterocycles. The van der Waals surface area contributed by atoms with Crippen molar-refractivity contribution >= 4 is 12.0 Å². The van der Waals surface area contributed by atoms with Gasteiger partial charge in [-0.15, -0.1) is 0 Å². The lowest BCUT2D eigenvalue weighted by molar-refractivity contribution is -0.454. The number of nitrogens with zero attached hydrogens (tertiary/aromatic N) is 4. The minimum atomic E-state index is -0.333. The summed E-state index contributed by atoms with van der Waals surface area (Å²) in [5.74, 6) is 0.862. The maximum Gasteiger partial charge on any atom is 0.298 e. The summed E-state index contributed by atoms with van der Waals surface area (Å²) in [5.41, 5.74) is 2.47. The SMILES string of the molecule is CN1CCN(c2nc(CCC[NH+]=CC3C[C@H]3c3ccc(F)cc3)cn(-c3ccc(F)cc3)c2=O)CC1. The van der Waals surface area contributed by atoms with E-state index in [4.69, 9.17) is 4.98 Å². The van der Waals surface area contributed by atoms with Crippen LogP contribution in [0.1, 0.15) is 30.0 Å². The van der Waals surface area contributed by atoms with Crippen LogP contribution in [0.15, 0.2) is 59.5 Å². The zero-order valence-electron chi connectivity index (χ0n) is 20.5. The van der Waals surface area contributed by atoms with Gasteiger partial charge >= 0.3 is 0 Å². The Kier molecular flexibility index (Phi) is 7.23. The number of halogens is 2. The van der Waals surface area contributed by atoms with Gasteiger partial charge in [0.25, 0.3) is 5.56 Å². The highest BCUT2D eigenvalue weighted by molar-refractivity contribution is 5.61. The zero-order chi connectivity index (χ0) is 25.1. The Bertz CT molecular complexity index is 1260. The molecule has 36 heavy (non-hydrogen) atoms. The Morgan fingerprint density at radius 2 is 1.67 bits per heavy atom. The van der Waals surface area contributed by atoms with Gasteiger partial charge in [-0.25, -0.2) is 13.8 Å². The molecule has 2 fully saturated rings. The van der Waals surface area contributed by atoms with Gasteiger partial charge in [0.2, 0.25) is 0 Å². The third kappa shape index (κ3) is 5.70. The normalized spacial score (nSPS) is 20.2. The van der Waals surface area contributed by atoms with Crippen LogP contribution in [0.3, 0.4) is 0 Å². The topological polar surface area (TPSA) is 55.3 Å². The molecule has 2 aliphatic rings. The fourth-order valence-corrected chi connectivity index (χ4v) is 4.76. The quantitative estimate of drug-likeness (QED) is 0.387. The monoisotopic (exact) mass is 492 g/mol. The smallest absolute Gasteiger partial charge is 0.298 e. The molecule has 1 saturated heterocycles. The molecule has 0 bridgehead atoms. The molecule has 2 atom stereocenters. The van der Waals surface area contributed by atoms with Crippen LogP contribution in [0.25, 0.3) is 5.69 Å². The Balaban J connectivity index is 1.25. The van der Waals surface area contributed by atoms with Gasteiger partial charge in [-0.2, -0.15) is 0 Å². The molecule has 1 N–H and O–H groups in total. The Morgan fingerprint density at radius 3 is 2.36 bits per heavy atom. The number of aromatic nitrogens is 2. The number of benzene rings is 2. The molecular formula is C28H32F2N5O+. The average molecular weight is 493 g/mol. The van der Waals surface area contributed by atoms with Gasteiger partial charge in [0.1, 0.15) is 24.4 Å². The van der Waals surface area contributed by atoms with Crippen LogP contribution in [0.4, 0.5) is 14.6 Å². The molecule has 6 nitrogen and oxygen atoms in total. The molecule has 1 aliphatic carbocycles. The van der Waals surface area contributed by atoms with Crippen LogP contribution in [0, 0.1) is 17.6 Å². The van der Waals surface area contributed by atoms with Crippen LogP contribution in [-0.4, -0.2) is 60.4 Å². The van der Waals surface area contributed by atoms with E-state index < -0.39 is 0 Å². The predicted molar refractivity (Wildman–Crippen MR) is 137 cm³/mol. The molecule has 0 radical (unpaired) electrons. The molecule has 1 saturated carbocycles. The van der Waals surface area contributed by atoms with Gasteiger partial charge in [0.15, 0.2) is 5.82 Å². The lowest BCUT2D eigenvalue weighted by Crippen LogP contribution is -2.69. The van der Waals surface area contributed by atoms with E-state index in [1.807, 2.05) is 12.1 Å². The van der Waals surface area contributed by atoms with Crippen molar-refractivity contribution in [2.24, 2.45) is 5.92 Å². The number of hydrogen-bond donors (Lipinski definition) is 1. The van der Waals surface area contributed by atoms with Gasteiger partial charge in [0, 0.05) is 50.4 Å². The van der Waals surface area contributed by atoms with Crippen LogP contribution in [0.2, 0.25) is 0 Å². The van der Waals surface area contributed by atoms with E-state index in [-0.39, 0.29) is 17.2 Å². The molecule has 1 aromatic heterocycles. The van der Waals surface area contributed by atoms with E-state index in [0.29, 0.717) is 23.3 Å². The molecule has 5 rings (SSSR count). The fraction of sp³-hybridized carbons (Fsp3) is 0.393. The highest BCUT2D eigenvalue weighted by atomic mass is 19.1. The lowest BCUT2D eigenvalue weighted by atomic mass is 10.1. The Morgan fingerprint density at radius 1 is 1.00 bits per heavy atom. The van der Waals surface area contributed by atoms with Crippen molar-refractivity contribution in [2.75, 3.05) is 44.7 Å². The Hall–Kier alpha value is -3.39. The maximum absolute atomic E-state index is 13.5. The molecular weight excluding hydrogens is 460 g/mol. The van der Waals surface area contributed by atoms with E-state index in [1.165, 1.54) is 29.8 Å². The first kappa shape index (κ1) is 24.3. The molecule has 2 aromatic carbocycles. The number of piperazine rings is 1. The van der Waals surface area contributed by atoms with Crippen molar-refractivity contribution in [3.05, 3.63) is 88.0 Å². The molecule has 188 valence electrons. The first-order valence-electron chi connectivity index (χ1n) is 12.6. The first-order chi connectivity index (χ1) is 17.5. The minimum absolute atomic E-state index is 0.179. The van der Waals surface area contributed by atoms with Crippen LogP contribution in [0.5, 0.6) is 0 Å². The molecule has 3 aromatic rings. The number of aryl methyl sites for hydroxylation is 1. The van der Waals surface area contributed by atoms with Gasteiger partial charge in [-0.1, -0.05) is 12.1 Å². The third-order valence-electron chi connectivity index (χ3n) is 7.07. The highest BCUT2D eigenvalue weighted by Crippen LogP contribution is 2.45. The summed E-state index contributed by atoms with van der Waals surface area (Å²) in [5, 5.41) is 0. The van der Waals surface area contributed by atoms with Crippen molar-refractivity contribution in [2.45, 2.75) is 25.2 Å². The van der Waals surface area contributed by atoms with Crippen molar-refractivity contribution in [3.8, 4) is 5.69 Å². The second-order valence-electron chi connectivity index (χ2n) is 9.78. The molecule has 1 unspecified atom stereocenters. The zero-order valence-corrected chi connectivity index (χ0v) is 20.5.